The molecule has 2 aromatic rings. The quantitative estimate of drug-likeness (QED) is 0.351. The molecular weight excluding hydrogens is 425 g/mol. The van der Waals surface area contributed by atoms with Crippen LogP contribution < -0.4 is 5.43 Å². The Labute approximate surface area is 195 Å². The van der Waals surface area contributed by atoms with Gasteiger partial charge in [0.2, 0.25) is 5.91 Å². The normalized spacial score (nSPS) is 17.5. The van der Waals surface area contributed by atoms with Crippen molar-refractivity contribution in [3.63, 3.8) is 0 Å². The van der Waals surface area contributed by atoms with E-state index in [4.69, 9.17) is 0 Å². The average Bonchev–Trinajstić information content (AvgIpc) is 3.02. The molecule has 2 aromatic carbocycles. The molecule has 182 valence electrons. The molecule has 6 heteroatoms. The van der Waals surface area contributed by atoms with E-state index in [2.05, 4.69) is 12.3 Å². The monoisotopic (exact) mass is 462 g/mol. The van der Waals surface area contributed by atoms with E-state index in [9.17, 15) is 18.0 Å². The lowest BCUT2D eigenvalue weighted by atomic mass is 9.91. The summed E-state index contributed by atoms with van der Waals surface area (Å²) in [7, 11) is 0. The van der Waals surface area contributed by atoms with Crippen molar-refractivity contribution in [2.45, 2.75) is 90.8 Å². The molecule has 0 saturated carbocycles. The molecule has 1 saturated heterocycles. The lowest BCUT2D eigenvalue weighted by Gasteiger charge is -2.31. The number of fused-ring (bicyclic) bond motifs is 1. The number of amides is 1. The van der Waals surface area contributed by atoms with Gasteiger partial charge in [0.1, 0.15) is 0 Å². The van der Waals surface area contributed by atoms with E-state index in [0.29, 0.717) is 5.39 Å². The van der Waals surface area contributed by atoms with Crippen LogP contribution in [0.3, 0.4) is 0 Å². The fourth-order valence-corrected chi connectivity index (χ4v) is 4.79. The minimum Gasteiger partial charge on any atom is -0.287 e. The molecule has 1 heterocycles. The number of unbranched alkanes of at least 4 members (excludes halogenated alkanes) is 7. The van der Waals surface area contributed by atoms with Gasteiger partial charge in [-0.3, -0.25) is 10.2 Å². The molecule has 3 nitrogen and oxygen atoms in total. The number of aryl methyl sites for hydroxylation is 1. The summed E-state index contributed by atoms with van der Waals surface area (Å²) in [5.41, 5.74) is 2.88. The van der Waals surface area contributed by atoms with Crippen LogP contribution >= 0.6 is 0 Å². The summed E-state index contributed by atoms with van der Waals surface area (Å²) in [6.07, 6.45) is 6.13. The SMILES string of the molecule is CCCCCCCCCCc1ccc(C(N2CC(C)(C)C(=O)N2)C(F)(F)F)c2ccccc12. The van der Waals surface area contributed by atoms with Crippen molar-refractivity contribution >= 4 is 16.7 Å². The largest absolute Gasteiger partial charge is 0.409 e. The van der Waals surface area contributed by atoms with E-state index in [1.807, 2.05) is 18.2 Å². The molecule has 3 rings (SSSR count). The Hall–Kier alpha value is -2.08. The number of carbonyl (C=O) groups is 1. The van der Waals surface area contributed by atoms with Crippen LogP contribution in [0.15, 0.2) is 36.4 Å². The maximum absolute atomic E-state index is 14.3. The smallest absolute Gasteiger partial charge is 0.287 e. The van der Waals surface area contributed by atoms with Crippen molar-refractivity contribution in [1.29, 1.82) is 0 Å². The van der Waals surface area contributed by atoms with Gasteiger partial charge in [0.05, 0.1) is 5.41 Å². The van der Waals surface area contributed by atoms with Gasteiger partial charge in [-0.25, -0.2) is 5.01 Å². The van der Waals surface area contributed by atoms with Crippen LogP contribution in [0.5, 0.6) is 0 Å². The second-order valence-electron chi connectivity index (χ2n) is 9.98. The van der Waals surface area contributed by atoms with Crippen molar-refractivity contribution in [3.8, 4) is 0 Å². The number of nitrogens with one attached hydrogen (secondary N) is 1. The van der Waals surface area contributed by atoms with Crippen molar-refractivity contribution in [3.05, 3.63) is 47.5 Å². The van der Waals surface area contributed by atoms with E-state index in [1.165, 1.54) is 38.5 Å². The summed E-state index contributed by atoms with van der Waals surface area (Å²) in [6.45, 7) is 5.56. The van der Waals surface area contributed by atoms with E-state index in [-0.39, 0.29) is 18.0 Å². The van der Waals surface area contributed by atoms with Crippen LogP contribution in [0, 0.1) is 5.41 Å². The summed E-state index contributed by atoms with van der Waals surface area (Å²) >= 11 is 0. The fourth-order valence-electron chi connectivity index (χ4n) is 4.79. The third kappa shape index (κ3) is 6.28. The van der Waals surface area contributed by atoms with Crippen LogP contribution in [-0.2, 0) is 11.2 Å². The van der Waals surface area contributed by atoms with Gasteiger partial charge in [0, 0.05) is 6.54 Å². The van der Waals surface area contributed by atoms with Gasteiger partial charge in [0.25, 0.3) is 0 Å². The zero-order valence-electron chi connectivity index (χ0n) is 20.1. The summed E-state index contributed by atoms with van der Waals surface area (Å²) in [6, 6.07) is 8.92. The van der Waals surface area contributed by atoms with Gasteiger partial charge in [-0.2, -0.15) is 13.2 Å². The van der Waals surface area contributed by atoms with E-state index in [0.717, 1.165) is 35.2 Å². The first-order chi connectivity index (χ1) is 15.6. The number of benzene rings is 2. The Morgan fingerprint density at radius 3 is 2.12 bits per heavy atom. The van der Waals surface area contributed by atoms with Gasteiger partial charge >= 0.3 is 6.18 Å². The Balaban J connectivity index is 1.78. The zero-order chi connectivity index (χ0) is 24.1. The highest BCUT2D eigenvalue weighted by molar-refractivity contribution is 5.89. The van der Waals surface area contributed by atoms with Crippen molar-refractivity contribution in [2.24, 2.45) is 5.41 Å². The zero-order valence-corrected chi connectivity index (χ0v) is 20.1. The first kappa shape index (κ1) is 25.5. The van der Waals surface area contributed by atoms with Crippen LogP contribution in [0.25, 0.3) is 10.8 Å². The molecule has 0 bridgehead atoms. The third-order valence-corrected chi connectivity index (χ3v) is 6.69. The molecule has 1 aliphatic heterocycles. The van der Waals surface area contributed by atoms with Gasteiger partial charge in [-0.1, -0.05) is 88.3 Å². The number of carbonyl (C=O) groups excluding carboxylic acids is 1. The molecule has 0 aromatic heterocycles. The Morgan fingerprint density at radius 2 is 1.55 bits per heavy atom. The molecule has 0 radical (unpaired) electrons. The molecule has 1 atom stereocenters. The lowest BCUT2D eigenvalue weighted by molar-refractivity contribution is -0.191. The Kier molecular flexibility index (Phi) is 8.43. The summed E-state index contributed by atoms with van der Waals surface area (Å²) in [5, 5.41) is 2.54. The Bertz CT molecular complexity index is 939. The molecule has 1 amide bonds. The topological polar surface area (TPSA) is 32.3 Å². The minimum absolute atomic E-state index is 0.00431. The molecule has 1 unspecified atom stereocenters. The highest BCUT2D eigenvalue weighted by atomic mass is 19.4. The van der Waals surface area contributed by atoms with Crippen LogP contribution in [-0.4, -0.2) is 23.6 Å². The number of halogens is 3. The highest BCUT2D eigenvalue weighted by Gasteiger charge is 2.51. The second-order valence-corrected chi connectivity index (χ2v) is 9.98. The number of alkyl halides is 3. The number of hydrogen-bond donors (Lipinski definition) is 1. The number of hydrogen-bond acceptors (Lipinski definition) is 2. The van der Waals surface area contributed by atoms with Crippen LogP contribution in [0.4, 0.5) is 13.2 Å². The van der Waals surface area contributed by atoms with Gasteiger partial charge in [0.15, 0.2) is 6.04 Å². The Morgan fingerprint density at radius 1 is 0.939 bits per heavy atom. The molecule has 1 N–H and O–H groups in total. The minimum atomic E-state index is -4.52. The van der Waals surface area contributed by atoms with Crippen molar-refractivity contribution in [2.75, 3.05) is 6.54 Å². The van der Waals surface area contributed by atoms with E-state index in [1.54, 1.807) is 32.0 Å². The maximum atomic E-state index is 14.3. The highest BCUT2D eigenvalue weighted by Crippen LogP contribution is 2.43. The molecule has 1 aliphatic rings. The van der Waals surface area contributed by atoms with Gasteiger partial charge in [-0.05, 0) is 48.6 Å². The fraction of sp³-hybridized carbons (Fsp3) is 0.593. The predicted molar refractivity (Wildman–Crippen MR) is 128 cm³/mol. The number of rotatable bonds is 11. The molecule has 0 spiro atoms. The first-order valence-corrected chi connectivity index (χ1v) is 12.3. The number of nitrogens with zero attached hydrogens (tertiary/aromatic N) is 1. The van der Waals surface area contributed by atoms with Crippen molar-refractivity contribution < 1.29 is 18.0 Å². The summed E-state index contributed by atoms with van der Waals surface area (Å²) in [4.78, 5) is 12.2. The number of hydrazine groups is 1. The van der Waals surface area contributed by atoms with E-state index < -0.39 is 17.6 Å². The molecule has 33 heavy (non-hydrogen) atoms. The van der Waals surface area contributed by atoms with E-state index >= 15 is 0 Å². The first-order valence-electron chi connectivity index (χ1n) is 12.3. The average molecular weight is 463 g/mol. The summed E-state index contributed by atoms with van der Waals surface area (Å²) < 4.78 is 42.8. The summed E-state index contributed by atoms with van der Waals surface area (Å²) in [5.74, 6) is -0.382. The van der Waals surface area contributed by atoms with Crippen LogP contribution in [0.1, 0.15) is 89.3 Å². The molecule has 0 aliphatic carbocycles. The molecular formula is C27H37F3N2O. The van der Waals surface area contributed by atoms with Gasteiger partial charge in [-0.15, -0.1) is 0 Å². The second kappa shape index (κ2) is 10.9. The molecule has 1 fully saturated rings. The standard InChI is InChI=1S/C27H37F3N2O/c1-4-5-6-7-8-9-10-11-14-20-17-18-23(22-16-13-12-15-21(20)22)24(27(28,29)30)32-19-26(2,3)25(33)31-32/h12-13,15-18,24H,4-11,14,19H2,1-3H3,(H,31,33). The van der Waals surface area contributed by atoms with Crippen LogP contribution in [0.2, 0.25) is 0 Å². The maximum Gasteiger partial charge on any atom is 0.409 e. The van der Waals surface area contributed by atoms with Crippen molar-refractivity contribution in [1.82, 2.24) is 10.4 Å². The lowest BCUT2D eigenvalue weighted by Crippen LogP contribution is -2.43. The predicted octanol–water partition coefficient (Wildman–Crippen LogP) is 7.50. The van der Waals surface area contributed by atoms with Gasteiger partial charge < -0.3 is 0 Å². The third-order valence-electron chi connectivity index (χ3n) is 6.69.